The summed E-state index contributed by atoms with van der Waals surface area (Å²) in [4.78, 5) is 18.7. The normalized spacial score (nSPS) is 16.5. The molecule has 2 rings (SSSR count). The minimum absolute atomic E-state index is 0. The zero-order chi connectivity index (χ0) is 23.6. The highest BCUT2D eigenvalue weighted by Gasteiger charge is 2.23. The number of ether oxygens (including phenoxy) is 3. The first-order valence-corrected chi connectivity index (χ1v) is 11.2. The summed E-state index contributed by atoms with van der Waals surface area (Å²) in [5.74, 6) is 2.36. The van der Waals surface area contributed by atoms with E-state index in [-0.39, 0.29) is 24.0 Å². The Labute approximate surface area is 215 Å². The van der Waals surface area contributed by atoms with Crippen LogP contribution in [0.25, 0.3) is 0 Å². The summed E-state index contributed by atoms with van der Waals surface area (Å²) >= 11 is 0. The molecule has 1 aromatic carbocycles. The van der Waals surface area contributed by atoms with Gasteiger partial charge < -0.3 is 30.2 Å². The molecule has 188 valence electrons. The minimum atomic E-state index is -0.506. The van der Waals surface area contributed by atoms with Gasteiger partial charge in [-0.25, -0.2) is 4.79 Å². The Morgan fingerprint density at radius 1 is 1.15 bits per heavy atom. The third kappa shape index (κ3) is 11.1. The maximum absolute atomic E-state index is 11.7. The topological polar surface area (TPSA) is 96.5 Å². The molecule has 9 nitrogen and oxygen atoms in total. The molecule has 0 spiro atoms. The van der Waals surface area contributed by atoms with Gasteiger partial charge in [0, 0.05) is 44.8 Å². The number of methoxy groups -OCH3 is 2. The number of guanidine groups is 1. The van der Waals surface area contributed by atoms with E-state index in [0.717, 1.165) is 55.6 Å². The molecule has 0 radical (unpaired) electrons. The summed E-state index contributed by atoms with van der Waals surface area (Å²) in [7, 11) is 3.33. The van der Waals surface area contributed by atoms with E-state index in [1.54, 1.807) is 14.2 Å². The van der Waals surface area contributed by atoms with E-state index in [1.807, 2.05) is 45.9 Å². The third-order valence-electron chi connectivity index (χ3n) is 4.82. The Bertz CT molecular complexity index is 747. The van der Waals surface area contributed by atoms with Crippen molar-refractivity contribution >= 4 is 36.0 Å². The van der Waals surface area contributed by atoms with E-state index in [1.165, 1.54) is 0 Å². The van der Waals surface area contributed by atoms with Crippen LogP contribution < -0.4 is 25.4 Å². The van der Waals surface area contributed by atoms with E-state index < -0.39 is 11.7 Å². The average molecular weight is 578 g/mol. The number of likely N-dealkylation sites (tertiary alicyclic amines) is 1. The molecule has 0 aliphatic carbocycles. The second-order valence-corrected chi connectivity index (χ2v) is 8.78. The second kappa shape index (κ2) is 14.3. The Hall–Kier alpha value is -1.95. The van der Waals surface area contributed by atoms with Crippen LogP contribution in [-0.4, -0.2) is 75.5 Å². The molecular formula is C23H40IN5O4. The van der Waals surface area contributed by atoms with Crippen LogP contribution in [0.2, 0.25) is 0 Å². The highest BCUT2D eigenvalue weighted by atomic mass is 127. The number of hydrogen-bond donors (Lipinski definition) is 3. The first-order chi connectivity index (χ1) is 15.2. The van der Waals surface area contributed by atoms with Gasteiger partial charge in [-0.05, 0) is 51.8 Å². The number of aliphatic imine (C=N–C) groups is 1. The molecule has 1 aliphatic heterocycles. The number of amides is 1. The zero-order valence-corrected chi connectivity index (χ0v) is 23.0. The van der Waals surface area contributed by atoms with Crippen molar-refractivity contribution in [1.29, 1.82) is 0 Å². The van der Waals surface area contributed by atoms with Gasteiger partial charge in [0.2, 0.25) is 0 Å². The van der Waals surface area contributed by atoms with Crippen LogP contribution in [0.3, 0.4) is 0 Å². The van der Waals surface area contributed by atoms with Gasteiger partial charge in [-0.3, -0.25) is 9.89 Å². The monoisotopic (exact) mass is 577 g/mol. The predicted octanol–water partition coefficient (Wildman–Crippen LogP) is 2.98. The molecule has 1 saturated heterocycles. The lowest BCUT2D eigenvalue weighted by Crippen LogP contribution is -2.45. The lowest BCUT2D eigenvalue weighted by Gasteiger charge is -2.20. The number of nitrogens with one attached hydrogen (secondary N) is 3. The Morgan fingerprint density at radius 3 is 2.39 bits per heavy atom. The summed E-state index contributed by atoms with van der Waals surface area (Å²) in [6, 6.07) is 6.28. The maximum Gasteiger partial charge on any atom is 0.407 e. The van der Waals surface area contributed by atoms with E-state index in [0.29, 0.717) is 19.1 Å². The van der Waals surface area contributed by atoms with Crippen molar-refractivity contribution in [2.45, 2.75) is 52.3 Å². The first-order valence-electron chi connectivity index (χ1n) is 11.2. The molecule has 33 heavy (non-hydrogen) atoms. The molecule has 1 aliphatic rings. The number of halogens is 1. The molecule has 3 N–H and O–H groups in total. The fraction of sp³-hybridized carbons (Fsp3) is 0.652. The largest absolute Gasteiger partial charge is 0.497 e. The molecule has 1 unspecified atom stereocenters. The van der Waals surface area contributed by atoms with Crippen molar-refractivity contribution in [1.82, 2.24) is 20.9 Å². The molecule has 1 fully saturated rings. The van der Waals surface area contributed by atoms with Gasteiger partial charge in [0.25, 0.3) is 0 Å². The molecule has 10 heteroatoms. The first kappa shape index (κ1) is 29.1. The summed E-state index contributed by atoms with van der Waals surface area (Å²) in [5.41, 5.74) is 0.657. The Kier molecular flexibility index (Phi) is 12.6. The maximum atomic E-state index is 11.7. The molecule has 0 saturated carbocycles. The van der Waals surface area contributed by atoms with E-state index >= 15 is 0 Å². The molecule has 1 aromatic rings. The summed E-state index contributed by atoms with van der Waals surface area (Å²) in [6.07, 6.45) is 0.605. The molecule has 0 bridgehead atoms. The minimum Gasteiger partial charge on any atom is -0.497 e. The van der Waals surface area contributed by atoms with E-state index in [9.17, 15) is 4.79 Å². The van der Waals surface area contributed by atoms with Gasteiger partial charge in [0.15, 0.2) is 5.96 Å². The quantitative estimate of drug-likeness (QED) is 0.180. The average Bonchev–Trinajstić information content (AvgIpc) is 3.16. The highest BCUT2D eigenvalue weighted by molar-refractivity contribution is 14.0. The summed E-state index contributed by atoms with van der Waals surface area (Å²) < 4.78 is 16.0. The van der Waals surface area contributed by atoms with Crippen molar-refractivity contribution in [2.75, 3.05) is 46.9 Å². The number of alkyl carbamates (subject to hydrolysis) is 1. The van der Waals surface area contributed by atoms with Crippen LogP contribution in [0, 0.1) is 0 Å². The summed E-state index contributed by atoms with van der Waals surface area (Å²) in [5, 5.41) is 9.51. The number of carbonyl (C=O) groups excluding carboxylic acids is 1. The van der Waals surface area contributed by atoms with Gasteiger partial charge >= 0.3 is 6.09 Å². The second-order valence-electron chi connectivity index (χ2n) is 8.78. The third-order valence-corrected chi connectivity index (χ3v) is 4.82. The predicted molar refractivity (Wildman–Crippen MR) is 142 cm³/mol. The van der Waals surface area contributed by atoms with Gasteiger partial charge in [-0.15, -0.1) is 24.0 Å². The van der Waals surface area contributed by atoms with Crippen molar-refractivity contribution in [3.8, 4) is 11.5 Å². The number of carbonyl (C=O) groups is 1. The number of nitrogens with zero attached hydrogens (tertiary/aromatic N) is 2. The molecule has 1 heterocycles. The number of rotatable bonds is 9. The fourth-order valence-corrected chi connectivity index (χ4v) is 3.46. The van der Waals surface area contributed by atoms with Crippen molar-refractivity contribution in [3.63, 3.8) is 0 Å². The summed E-state index contributed by atoms with van der Waals surface area (Å²) in [6.45, 7) is 12.0. The SMILES string of the molecule is CCNC(=NCCNC(=O)OC(C)(C)C)NC1CCN(Cc2cc(OC)cc(OC)c2)C1.I. The lowest BCUT2D eigenvalue weighted by molar-refractivity contribution is 0.0529. The van der Waals surface area contributed by atoms with Crippen molar-refractivity contribution < 1.29 is 19.0 Å². The Morgan fingerprint density at radius 2 is 1.82 bits per heavy atom. The van der Waals surface area contributed by atoms with Gasteiger partial charge in [-0.1, -0.05) is 0 Å². The van der Waals surface area contributed by atoms with Crippen LogP contribution in [0.4, 0.5) is 4.79 Å². The zero-order valence-electron chi connectivity index (χ0n) is 20.7. The van der Waals surface area contributed by atoms with Gasteiger partial charge in [-0.2, -0.15) is 0 Å². The van der Waals surface area contributed by atoms with Crippen LogP contribution >= 0.6 is 24.0 Å². The van der Waals surface area contributed by atoms with Crippen molar-refractivity contribution in [3.05, 3.63) is 23.8 Å². The van der Waals surface area contributed by atoms with Crippen LogP contribution in [-0.2, 0) is 11.3 Å². The van der Waals surface area contributed by atoms with Gasteiger partial charge in [0.1, 0.15) is 17.1 Å². The molecule has 1 amide bonds. The standard InChI is InChI=1S/C23H39N5O4.HI/c1-7-24-21(25-9-10-26-22(29)32-23(2,3)4)27-18-8-11-28(16-18)15-17-12-19(30-5)14-20(13-17)31-6;/h12-14,18H,7-11,15-16H2,1-6H3,(H,26,29)(H2,24,25,27);1H. The highest BCUT2D eigenvalue weighted by Crippen LogP contribution is 2.24. The molecular weight excluding hydrogens is 537 g/mol. The Balaban J connectivity index is 0.00000544. The van der Waals surface area contributed by atoms with Crippen LogP contribution in [0.1, 0.15) is 39.7 Å². The number of hydrogen-bond acceptors (Lipinski definition) is 6. The van der Waals surface area contributed by atoms with Crippen LogP contribution in [0.5, 0.6) is 11.5 Å². The molecule has 0 aromatic heterocycles. The lowest BCUT2D eigenvalue weighted by atomic mass is 10.2. The molecule has 1 atom stereocenters. The van der Waals surface area contributed by atoms with Gasteiger partial charge in [0.05, 0.1) is 20.8 Å². The van der Waals surface area contributed by atoms with Crippen molar-refractivity contribution in [2.24, 2.45) is 4.99 Å². The smallest absolute Gasteiger partial charge is 0.407 e. The number of benzene rings is 1. The van der Waals surface area contributed by atoms with E-state index in [2.05, 4.69) is 25.8 Å². The van der Waals surface area contributed by atoms with E-state index in [4.69, 9.17) is 14.2 Å². The van der Waals surface area contributed by atoms with Crippen LogP contribution in [0.15, 0.2) is 23.2 Å². The fourth-order valence-electron chi connectivity index (χ4n) is 3.46.